The molecule has 2 heterocycles. The van der Waals surface area contributed by atoms with Gasteiger partial charge in [0, 0.05) is 32.8 Å². The zero-order chi connectivity index (χ0) is 24.9. The summed E-state index contributed by atoms with van der Waals surface area (Å²) in [5.41, 5.74) is 1.95. The van der Waals surface area contributed by atoms with Crippen LogP contribution in [0.4, 0.5) is 0 Å². The number of nitrogens with zero attached hydrogens (tertiary/aromatic N) is 1. The van der Waals surface area contributed by atoms with Crippen LogP contribution in [-0.4, -0.2) is 45.7 Å². The lowest BCUT2D eigenvalue weighted by molar-refractivity contribution is -0.153. The third-order valence-corrected chi connectivity index (χ3v) is 7.57. The Morgan fingerprint density at radius 3 is 2.46 bits per heavy atom. The molecule has 6 nitrogen and oxygen atoms in total. The molecule has 3 atom stereocenters. The highest BCUT2D eigenvalue weighted by Crippen LogP contribution is 2.33. The van der Waals surface area contributed by atoms with Crippen LogP contribution in [0.2, 0.25) is 10.0 Å². The lowest BCUT2D eigenvalue weighted by Gasteiger charge is -2.28. The molecule has 0 saturated carbocycles. The molecule has 1 fully saturated rings. The number of rotatable bonds is 8. The van der Waals surface area contributed by atoms with Gasteiger partial charge in [-0.05, 0) is 60.4 Å². The molecule has 2 amide bonds. The van der Waals surface area contributed by atoms with Crippen molar-refractivity contribution in [3.63, 3.8) is 0 Å². The molecular formula is C26H26Cl2N2O4S. The normalized spacial score (nSPS) is 17.3. The van der Waals surface area contributed by atoms with Crippen molar-refractivity contribution in [1.82, 2.24) is 10.2 Å². The Bertz CT molecular complexity index is 1200. The Hall–Kier alpha value is -2.42. The molecule has 3 N–H and O–H groups in total. The first kappa shape index (κ1) is 25.7. The summed E-state index contributed by atoms with van der Waals surface area (Å²) in [5.74, 6) is -1.47. The van der Waals surface area contributed by atoms with E-state index < -0.39 is 24.0 Å². The molecule has 0 radical (unpaired) electrons. The van der Waals surface area contributed by atoms with Gasteiger partial charge in [-0.2, -0.15) is 0 Å². The van der Waals surface area contributed by atoms with Gasteiger partial charge in [0.1, 0.15) is 0 Å². The maximum atomic E-state index is 12.9. The van der Waals surface area contributed by atoms with E-state index in [-0.39, 0.29) is 12.6 Å². The van der Waals surface area contributed by atoms with Crippen LogP contribution in [0.5, 0.6) is 0 Å². The summed E-state index contributed by atoms with van der Waals surface area (Å²) in [4.78, 5) is 28.9. The lowest BCUT2D eigenvalue weighted by atomic mass is 10.0. The predicted molar refractivity (Wildman–Crippen MR) is 138 cm³/mol. The molecule has 35 heavy (non-hydrogen) atoms. The number of halogens is 2. The number of aliphatic hydroxyl groups is 2. The largest absolute Gasteiger partial charge is 0.380 e. The summed E-state index contributed by atoms with van der Waals surface area (Å²) >= 11 is 13.7. The van der Waals surface area contributed by atoms with Gasteiger partial charge in [0.05, 0.1) is 12.6 Å². The van der Waals surface area contributed by atoms with Crippen LogP contribution in [0.3, 0.4) is 0 Å². The van der Waals surface area contributed by atoms with E-state index in [1.165, 1.54) is 16.2 Å². The van der Waals surface area contributed by atoms with E-state index in [9.17, 15) is 19.8 Å². The molecule has 1 aliphatic rings. The highest BCUT2D eigenvalue weighted by atomic mass is 35.5. The highest BCUT2D eigenvalue weighted by Gasteiger charge is 2.38. The summed E-state index contributed by atoms with van der Waals surface area (Å²) < 4.78 is 0. The van der Waals surface area contributed by atoms with Crippen LogP contribution < -0.4 is 5.32 Å². The Morgan fingerprint density at radius 1 is 1.00 bits per heavy atom. The number of aliphatic hydroxyl groups excluding tert-OH is 2. The number of amides is 2. The quantitative estimate of drug-likeness (QED) is 0.402. The third kappa shape index (κ3) is 6.42. The number of hydrogen-bond acceptors (Lipinski definition) is 5. The lowest BCUT2D eigenvalue weighted by Crippen LogP contribution is -2.50. The molecular weight excluding hydrogens is 507 g/mol. The van der Waals surface area contributed by atoms with E-state index in [1.807, 2.05) is 48.5 Å². The monoisotopic (exact) mass is 532 g/mol. The minimum atomic E-state index is -1.87. The van der Waals surface area contributed by atoms with Crippen molar-refractivity contribution in [1.29, 1.82) is 0 Å². The van der Waals surface area contributed by atoms with Gasteiger partial charge in [-0.1, -0.05) is 47.5 Å². The molecule has 0 aliphatic carbocycles. The van der Waals surface area contributed by atoms with E-state index in [1.54, 1.807) is 12.1 Å². The standard InChI is InChI=1S/C26H26Cl2N2O4S/c27-18-6-1-4-16(12-18)13-20-9-10-21(35-20)15-29-25(33)23(31)24(32)26(34)30-11-3-8-22(30)17-5-2-7-19(28)14-17/h1-2,4-7,9-10,12,14,22-24,31-32H,3,8,11,13,15H2,(H,29,33)/t22-,23-,24-/m1/s1. The van der Waals surface area contributed by atoms with E-state index in [4.69, 9.17) is 23.2 Å². The SMILES string of the molecule is O=C(NCc1ccc(Cc2cccc(Cl)c2)s1)[C@H](O)[C@@H](O)C(=O)N1CCC[C@@H]1c1cccc(Cl)c1. The number of benzene rings is 2. The van der Waals surface area contributed by atoms with Crippen LogP contribution in [0.25, 0.3) is 0 Å². The Morgan fingerprint density at radius 2 is 1.71 bits per heavy atom. The first-order chi connectivity index (χ1) is 16.8. The molecule has 2 aromatic carbocycles. The molecule has 4 rings (SSSR count). The van der Waals surface area contributed by atoms with Gasteiger partial charge >= 0.3 is 0 Å². The molecule has 1 aromatic heterocycles. The van der Waals surface area contributed by atoms with Crippen molar-refractivity contribution in [2.24, 2.45) is 0 Å². The second-order valence-corrected chi connectivity index (χ2v) is 10.7. The van der Waals surface area contributed by atoms with Crippen LogP contribution in [-0.2, 0) is 22.6 Å². The summed E-state index contributed by atoms with van der Waals surface area (Å²) in [6.45, 7) is 0.623. The maximum Gasteiger partial charge on any atom is 0.255 e. The zero-order valence-corrected chi connectivity index (χ0v) is 21.2. The fourth-order valence-electron chi connectivity index (χ4n) is 4.28. The number of carbonyl (C=O) groups excluding carboxylic acids is 2. The van der Waals surface area contributed by atoms with Crippen LogP contribution in [0, 0.1) is 0 Å². The van der Waals surface area contributed by atoms with Gasteiger partial charge in [0.15, 0.2) is 12.2 Å². The van der Waals surface area contributed by atoms with Gasteiger partial charge in [-0.15, -0.1) is 11.3 Å². The van der Waals surface area contributed by atoms with Crippen molar-refractivity contribution >= 4 is 46.4 Å². The third-order valence-electron chi connectivity index (χ3n) is 6.01. The summed E-state index contributed by atoms with van der Waals surface area (Å²) in [6, 6.07) is 18.5. The molecule has 1 aliphatic heterocycles. The van der Waals surface area contributed by atoms with E-state index in [2.05, 4.69) is 5.32 Å². The topological polar surface area (TPSA) is 89.9 Å². The fourth-order valence-corrected chi connectivity index (χ4v) is 5.68. The Labute approximate surface area is 218 Å². The van der Waals surface area contributed by atoms with E-state index in [0.717, 1.165) is 40.1 Å². The molecule has 0 bridgehead atoms. The number of hydrogen-bond donors (Lipinski definition) is 3. The number of nitrogens with one attached hydrogen (secondary N) is 1. The molecule has 0 spiro atoms. The minimum Gasteiger partial charge on any atom is -0.380 e. The average Bonchev–Trinajstić information content (AvgIpc) is 3.51. The number of thiophene rings is 1. The summed E-state index contributed by atoms with van der Waals surface area (Å²) in [5, 5.41) is 24.7. The molecule has 1 saturated heterocycles. The molecule has 0 unspecified atom stereocenters. The second kappa shape index (κ2) is 11.5. The van der Waals surface area contributed by atoms with E-state index in [0.29, 0.717) is 16.6 Å². The van der Waals surface area contributed by atoms with Crippen LogP contribution in [0.15, 0.2) is 60.7 Å². The van der Waals surface area contributed by atoms with Gasteiger partial charge in [-0.25, -0.2) is 0 Å². The van der Waals surface area contributed by atoms with Gasteiger partial charge < -0.3 is 20.4 Å². The van der Waals surface area contributed by atoms with Crippen molar-refractivity contribution in [2.45, 2.75) is 44.1 Å². The van der Waals surface area contributed by atoms with Gasteiger partial charge in [0.25, 0.3) is 11.8 Å². The number of carbonyl (C=O) groups is 2. The minimum absolute atomic E-state index is 0.186. The zero-order valence-electron chi connectivity index (χ0n) is 18.9. The van der Waals surface area contributed by atoms with Crippen LogP contribution >= 0.6 is 34.5 Å². The van der Waals surface area contributed by atoms with Gasteiger partial charge in [-0.3, -0.25) is 9.59 Å². The maximum absolute atomic E-state index is 12.9. The highest BCUT2D eigenvalue weighted by molar-refractivity contribution is 7.12. The second-order valence-electron chi connectivity index (χ2n) is 8.53. The first-order valence-electron chi connectivity index (χ1n) is 11.3. The van der Waals surface area contributed by atoms with Crippen molar-refractivity contribution in [3.05, 3.63) is 91.6 Å². The first-order valence-corrected chi connectivity index (χ1v) is 12.9. The fraction of sp³-hybridized carbons (Fsp3) is 0.308. The van der Waals surface area contributed by atoms with Crippen molar-refractivity contribution in [2.75, 3.05) is 6.54 Å². The summed E-state index contributed by atoms with van der Waals surface area (Å²) in [6.07, 6.45) is -1.52. The average molecular weight is 533 g/mol. The van der Waals surface area contributed by atoms with E-state index >= 15 is 0 Å². The van der Waals surface area contributed by atoms with Crippen molar-refractivity contribution < 1.29 is 19.8 Å². The molecule has 9 heteroatoms. The predicted octanol–water partition coefficient (Wildman–Crippen LogP) is 4.35. The molecule has 184 valence electrons. The smallest absolute Gasteiger partial charge is 0.255 e. The van der Waals surface area contributed by atoms with Gasteiger partial charge in [0.2, 0.25) is 0 Å². The molecule has 3 aromatic rings. The van der Waals surface area contributed by atoms with Crippen molar-refractivity contribution in [3.8, 4) is 0 Å². The Balaban J connectivity index is 1.32. The Kier molecular flexibility index (Phi) is 8.46. The van der Waals surface area contributed by atoms with Crippen LogP contribution in [0.1, 0.15) is 39.8 Å². The number of likely N-dealkylation sites (tertiary alicyclic amines) is 1. The summed E-state index contributed by atoms with van der Waals surface area (Å²) in [7, 11) is 0.